The van der Waals surface area contributed by atoms with Gasteiger partial charge in [-0.15, -0.1) is 0 Å². The minimum Gasteiger partial charge on any atom is -0.386 e. The fraction of sp³-hybridized carbons (Fsp3) is 0.360. The van der Waals surface area contributed by atoms with E-state index in [0.717, 1.165) is 24.5 Å². The number of H-pyrrole nitrogens is 1. The average Bonchev–Trinajstić information content (AvgIpc) is 3.50. The maximum atomic E-state index is 12.3. The lowest BCUT2D eigenvalue weighted by atomic mass is 10.1. The molecule has 0 aliphatic carbocycles. The molecule has 0 amide bonds. The molecular formula is C25H28N4O4. The summed E-state index contributed by atoms with van der Waals surface area (Å²) in [6.45, 7) is 3.20. The molecule has 33 heavy (non-hydrogen) atoms. The van der Waals surface area contributed by atoms with Crippen molar-refractivity contribution in [3.63, 3.8) is 0 Å². The van der Waals surface area contributed by atoms with Gasteiger partial charge in [-0.2, -0.15) is 0 Å². The van der Waals surface area contributed by atoms with Crippen LogP contribution in [-0.2, 0) is 4.74 Å². The SMILES string of the molecule is Cc1cn([C@H]2CC[C@@H](C(O)C3N(c4ccccc4)CCN3c3ccccc3)O2)c(=O)[nH]c1=O. The van der Waals surface area contributed by atoms with Crippen LogP contribution in [0.5, 0.6) is 0 Å². The van der Waals surface area contributed by atoms with Gasteiger partial charge >= 0.3 is 5.69 Å². The van der Waals surface area contributed by atoms with Crippen LogP contribution in [0.15, 0.2) is 76.4 Å². The molecule has 1 aromatic heterocycles. The Bertz CT molecular complexity index is 1160. The number of rotatable bonds is 5. The molecule has 0 spiro atoms. The zero-order valence-corrected chi connectivity index (χ0v) is 18.5. The van der Waals surface area contributed by atoms with Gasteiger partial charge in [0.25, 0.3) is 5.56 Å². The standard InChI is InChI=1S/C25H28N4O4/c1-17-16-29(25(32)26-23(17)31)21-13-12-20(33-21)22(30)24-27(18-8-4-2-5-9-18)14-15-28(24)19-10-6-3-7-11-19/h2-11,16,20-22,24,30H,12-15H2,1H3,(H,26,31,32)/t20-,21+,22?/m0/s1. The number of aromatic amines is 1. The molecule has 2 N–H and O–H groups in total. The van der Waals surface area contributed by atoms with E-state index < -0.39 is 29.7 Å². The number of para-hydroxylation sites is 2. The number of aromatic nitrogens is 2. The van der Waals surface area contributed by atoms with Crippen molar-refractivity contribution < 1.29 is 9.84 Å². The van der Waals surface area contributed by atoms with Crippen LogP contribution in [0, 0.1) is 6.92 Å². The largest absolute Gasteiger partial charge is 0.386 e. The van der Waals surface area contributed by atoms with Crippen molar-refractivity contribution in [2.24, 2.45) is 0 Å². The van der Waals surface area contributed by atoms with Crippen LogP contribution in [-0.4, -0.2) is 46.1 Å². The Morgan fingerprint density at radius 2 is 1.52 bits per heavy atom. The maximum absolute atomic E-state index is 12.3. The van der Waals surface area contributed by atoms with Gasteiger partial charge in [0.2, 0.25) is 0 Å². The Morgan fingerprint density at radius 1 is 0.939 bits per heavy atom. The minimum absolute atomic E-state index is 0.312. The highest BCUT2D eigenvalue weighted by Gasteiger charge is 2.44. The topological polar surface area (TPSA) is 90.8 Å². The van der Waals surface area contributed by atoms with E-state index >= 15 is 0 Å². The molecule has 5 rings (SSSR count). The predicted molar refractivity (Wildman–Crippen MR) is 127 cm³/mol. The van der Waals surface area contributed by atoms with Crippen LogP contribution in [0.25, 0.3) is 0 Å². The lowest BCUT2D eigenvalue weighted by molar-refractivity contribution is -0.0671. The Balaban J connectivity index is 1.43. The summed E-state index contributed by atoms with van der Waals surface area (Å²) in [5.74, 6) is 0. The minimum atomic E-state index is -0.808. The van der Waals surface area contributed by atoms with E-state index in [1.54, 1.807) is 6.92 Å². The zero-order valence-electron chi connectivity index (χ0n) is 18.5. The van der Waals surface area contributed by atoms with Crippen molar-refractivity contribution in [1.29, 1.82) is 0 Å². The summed E-state index contributed by atoms with van der Waals surface area (Å²) >= 11 is 0. The molecule has 0 saturated carbocycles. The monoisotopic (exact) mass is 448 g/mol. The summed E-state index contributed by atoms with van der Waals surface area (Å²) in [5.41, 5.74) is 1.64. The van der Waals surface area contributed by atoms with Gasteiger partial charge in [-0.05, 0) is 44.0 Å². The van der Waals surface area contributed by atoms with Crippen LogP contribution in [0.2, 0.25) is 0 Å². The molecule has 8 heteroatoms. The predicted octanol–water partition coefficient (Wildman–Crippen LogP) is 2.24. The van der Waals surface area contributed by atoms with Gasteiger partial charge in [-0.3, -0.25) is 14.3 Å². The molecule has 2 saturated heterocycles. The number of nitrogens with zero attached hydrogens (tertiary/aromatic N) is 3. The van der Waals surface area contributed by atoms with E-state index in [4.69, 9.17) is 4.74 Å². The molecule has 172 valence electrons. The van der Waals surface area contributed by atoms with E-state index in [1.165, 1.54) is 10.8 Å². The number of benzene rings is 2. The highest BCUT2D eigenvalue weighted by atomic mass is 16.5. The van der Waals surface area contributed by atoms with Gasteiger partial charge < -0.3 is 19.6 Å². The van der Waals surface area contributed by atoms with Crippen molar-refractivity contribution in [2.45, 2.75) is 44.4 Å². The number of aryl methyl sites for hydroxylation is 1. The van der Waals surface area contributed by atoms with Crippen molar-refractivity contribution in [3.05, 3.63) is 93.3 Å². The van der Waals surface area contributed by atoms with Gasteiger partial charge in [-0.1, -0.05) is 36.4 Å². The van der Waals surface area contributed by atoms with Gasteiger partial charge in [0.1, 0.15) is 18.5 Å². The van der Waals surface area contributed by atoms with Gasteiger partial charge in [0, 0.05) is 36.2 Å². The number of hydrogen-bond acceptors (Lipinski definition) is 6. The molecule has 0 bridgehead atoms. The first-order valence-electron chi connectivity index (χ1n) is 11.3. The second-order valence-electron chi connectivity index (χ2n) is 8.65. The fourth-order valence-corrected chi connectivity index (χ4v) is 4.91. The highest BCUT2D eigenvalue weighted by Crippen LogP contribution is 2.36. The first-order chi connectivity index (χ1) is 16.0. The lowest BCUT2D eigenvalue weighted by Crippen LogP contribution is -2.52. The number of aliphatic hydroxyl groups excluding tert-OH is 1. The highest BCUT2D eigenvalue weighted by molar-refractivity contribution is 5.57. The molecule has 8 nitrogen and oxygen atoms in total. The second-order valence-corrected chi connectivity index (χ2v) is 8.65. The molecule has 0 radical (unpaired) electrons. The summed E-state index contributed by atoms with van der Waals surface area (Å²) in [5, 5.41) is 11.6. The van der Waals surface area contributed by atoms with Crippen LogP contribution in [0.1, 0.15) is 24.6 Å². The number of aliphatic hydroxyl groups is 1. The number of nitrogens with one attached hydrogen (secondary N) is 1. The molecule has 3 aromatic rings. The number of ether oxygens (including phenoxy) is 1. The average molecular weight is 449 g/mol. The van der Waals surface area contributed by atoms with Gasteiger partial charge in [0.05, 0.1) is 6.10 Å². The molecule has 2 aliphatic heterocycles. The molecule has 2 aliphatic rings. The Morgan fingerprint density at radius 3 is 2.09 bits per heavy atom. The lowest BCUT2D eigenvalue weighted by Gasteiger charge is -2.38. The smallest absolute Gasteiger partial charge is 0.330 e. The van der Waals surface area contributed by atoms with Gasteiger partial charge in [0.15, 0.2) is 0 Å². The Kier molecular flexibility index (Phi) is 5.78. The first-order valence-corrected chi connectivity index (χ1v) is 11.3. The summed E-state index contributed by atoms with van der Waals surface area (Å²) in [7, 11) is 0. The maximum Gasteiger partial charge on any atom is 0.330 e. The first kappa shape index (κ1) is 21.5. The number of hydrogen-bond donors (Lipinski definition) is 2. The van der Waals surface area contributed by atoms with Gasteiger partial charge in [-0.25, -0.2) is 4.79 Å². The molecule has 1 unspecified atom stereocenters. The van der Waals surface area contributed by atoms with Crippen molar-refractivity contribution >= 4 is 11.4 Å². The Labute approximate surface area is 191 Å². The van der Waals surface area contributed by atoms with Crippen LogP contribution >= 0.6 is 0 Å². The third-order valence-electron chi connectivity index (χ3n) is 6.57. The molecule has 2 aromatic carbocycles. The third kappa shape index (κ3) is 4.07. The molecule has 3 atom stereocenters. The third-order valence-corrected chi connectivity index (χ3v) is 6.57. The quantitative estimate of drug-likeness (QED) is 0.622. The van der Waals surface area contributed by atoms with E-state index in [1.807, 2.05) is 36.4 Å². The Hall–Kier alpha value is -3.36. The van der Waals surface area contributed by atoms with E-state index in [9.17, 15) is 14.7 Å². The van der Waals surface area contributed by atoms with Crippen molar-refractivity contribution in [3.8, 4) is 0 Å². The van der Waals surface area contributed by atoms with Crippen LogP contribution < -0.4 is 21.0 Å². The van der Waals surface area contributed by atoms with Crippen LogP contribution in [0.4, 0.5) is 11.4 Å². The fourth-order valence-electron chi connectivity index (χ4n) is 4.91. The van der Waals surface area contributed by atoms with E-state index in [-0.39, 0.29) is 6.17 Å². The van der Waals surface area contributed by atoms with Crippen molar-refractivity contribution in [2.75, 3.05) is 22.9 Å². The normalized spacial score (nSPS) is 22.1. The summed E-state index contributed by atoms with van der Waals surface area (Å²) < 4.78 is 7.62. The van der Waals surface area contributed by atoms with E-state index in [2.05, 4.69) is 39.0 Å². The number of anilines is 2. The van der Waals surface area contributed by atoms with Crippen LogP contribution in [0.3, 0.4) is 0 Å². The summed E-state index contributed by atoms with van der Waals surface area (Å²) in [4.78, 5) is 30.8. The molecule has 3 heterocycles. The zero-order chi connectivity index (χ0) is 22.9. The van der Waals surface area contributed by atoms with Crippen molar-refractivity contribution in [1.82, 2.24) is 9.55 Å². The summed E-state index contributed by atoms with van der Waals surface area (Å²) in [6.07, 6.45) is 0.626. The molecule has 2 fully saturated rings. The van der Waals surface area contributed by atoms with E-state index in [0.29, 0.717) is 18.4 Å². The second kappa shape index (κ2) is 8.88. The summed E-state index contributed by atoms with van der Waals surface area (Å²) in [6, 6.07) is 20.2. The molecular weight excluding hydrogens is 420 g/mol.